The van der Waals surface area contributed by atoms with E-state index in [9.17, 15) is 9.59 Å². The molecule has 2 aromatic carbocycles. The van der Waals surface area contributed by atoms with Crippen molar-refractivity contribution in [2.75, 3.05) is 13.1 Å². The quantitative estimate of drug-likeness (QED) is 0.285. The fourth-order valence-corrected chi connectivity index (χ4v) is 3.39. The lowest BCUT2D eigenvalue weighted by Crippen LogP contribution is -2.10. The highest BCUT2D eigenvalue weighted by molar-refractivity contribution is 5.98. The minimum atomic E-state index is -0.406. The molecule has 0 unspecified atom stereocenters. The normalized spacial score (nSPS) is 10.7. The van der Waals surface area contributed by atoms with Gasteiger partial charge in [-0.15, -0.1) is 0 Å². The van der Waals surface area contributed by atoms with E-state index >= 15 is 0 Å². The number of hydrogen-bond acceptors (Lipinski definition) is 4. The van der Waals surface area contributed by atoms with Crippen molar-refractivity contribution in [3.8, 4) is 0 Å². The molecule has 0 saturated carbocycles. The van der Waals surface area contributed by atoms with Crippen LogP contribution in [-0.4, -0.2) is 34.9 Å². The maximum Gasteiger partial charge on any atom is 0.248 e. The highest BCUT2D eigenvalue weighted by Gasteiger charge is 2.07. The van der Waals surface area contributed by atoms with E-state index in [0.717, 1.165) is 45.8 Å². The molecule has 4 rings (SSSR count). The standard InChI is InChI=1S/2C11H13N3O/c2*12-4-3-8-6-14-10-2-1-7(11(13)15)5-9(8)10/h2*1-2,5-6,14H,3-4,12H2,(H2,13,15). The molecule has 0 bridgehead atoms. The van der Waals surface area contributed by atoms with Crippen LogP contribution in [-0.2, 0) is 12.8 Å². The van der Waals surface area contributed by atoms with Crippen LogP contribution in [0.5, 0.6) is 0 Å². The molecular weight excluding hydrogens is 380 g/mol. The van der Waals surface area contributed by atoms with Gasteiger partial charge in [0.15, 0.2) is 0 Å². The van der Waals surface area contributed by atoms with Crippen LogP contribution in [0.15, 0.2) is 48.8 Å². The van der Waals surface area contributed by atoms with Gasteiger partial charge in [-0.25, -0.2) is 0 Å². The van der Waals surface area contributed by atoms with Crippen LogP contribution in [0, 0.1) is 0 Å². The molecule has 2 heterocycles. The molecule has 156 valence electrons. The summed E-state index contributed by atoms with van der Waals surface area (Å²) in [4.78, 5) is 28.3. The number of nitrogens with two attached hydrogens (primary N) is 4. The second-order valence-corrected chi connectivity index (χ2v) is 6.95. The van der Waals surface area contributed by atoms with Crippen LogP contribution in [0.1, 0.15) is 31.8 Å². The summed E-state index contributed by atoms with van der Waals surface area (Å²) < 4.78 is 0. The Hall–Kier alpha value is -3.62. The molecule has 0 fully saturated rings. The average Bonchev–Trinajstić information content (AvgIpc) is 3.32. The monoisotopic (exact) mass is 406 g/mol. The Morgan fingerprint density at radius 2 is 1.10 bits per heavy atom. The Bertz CT molecular complexity index is 1100. The summed E-state index contributed by atoms with van der Waals surface area (Å²) in [5.41, 5.74) is 26.8. The van der Waals surface area contributed by atoms with Crippen LogP contribution < -0.4 is 22.9 Å². The summed E-state index contributed by atoms with van der Waals surface area (Å²) in [6.07, 6.45) is 5.43. The zero-order valence-electron chi connectivity index (χ0n) is 16.6. The van der Waals surface area contributed by atoms with Crippen LogP contribution in [0.3, 0.4) is 0 Å². The van der Waals surface area contributed by atoms with E-state index in [2.05, 4.69) is 9.97 Å². The van der Waals surface area contributed by atoms with Crippen molar-refractivity contribution >= 4 is 33.6 Å². The molecule has 8 nitrogen and oxygen atoms in total. The third-order valence-corrected chi connectivity index (χ3v) is 4.93. The van der Waals surface area contributed by atoms with Crippen LogP contribution in [0.25, 0.3) is 21.8 Å². The van der Waals surface area contributed by atoms with E-state index in [0.29, 0.717) is 24.2 Å². The topological polar surface area (TPSA) is 170 Å². The first-order valence-electron chi connectivity index (χ1n) is 9.64. The van der Waals surface area contributed by atoms with E-state index in [1.54, 1.807) is 24.3 Å². The lowest BCUT2D eigenvalue weighted by atomic mass is 10.1. The number of primary amides is 2. The number of hydrogen-bond donors (Lipinski definition) is 6. The first-order valence-corrected chi connectivity index (χ1v) is 9.64. The highest BCUT2D eigenvalue weighted by atomic mass is 16.1. The lowest BCUT2D eigenvalue weighted by Gasteiger charge is -1.98. The number of aromatic amines is 2. The molecule has 0 atom stereocenters. The highest BCUT2D eigenvalue weighted by Crippen LogP contribution is 2.21. The lowest BCUT2D eigenvalue weighted by molar-refractivity contribution is 0.0992. The smallest absolute Gasteiger partial charge is 0.248 e. The van der Waals surface area contributed by atoms with Crippen molar-refractivity contribution in [2.45, 2.75) is 12.8 Å². The summed E-state index contributed by atoms with van der Waals surface area (Å²) in [5.74, 6) is -0.811. The summed E-state index contributed by atoms with van der Waals surface area (Å²) in [5, 5.41) is 2.05. The van der Waals surface area contributed by atoms with Crippen molar-refractivity contribution < 1.29 is 9.59 Å². The van der Waals surface area contributed by atoms with Crippen molar-refractivity contribution in [1.29, 1.82) is 0 Å². The van der Waals surface area contributed by atoms with Gasteiger partial charge in [-0.05, 0) is 73.5 Å². The van der Waals surface area contributed by atoms with Crippen molar-refractivity contribution in [3.05, 3.63) is 71.0 Å². The van der Waals surface area contributed by atoms with Gasteiger partial charge in [0.25, 0.3) is 0 Å². The molecular formula is C22H26N6O2. The van der Waals surface area contributed by atoms with Crippen molar-refractivity contribution in [1.82, 2.24) is 9.97 Å². The van der Waals surface area contributed by atoms with Crippen LogP contribution >= 0.6 is 0 Å². The van der Waals surface area contributed by atoms with Gasteiger partial charge in [0.05, 0.1) is 0 Å². The molecule has 8 heteroatoms. The van der Waals surface area contributed by atoms with Crippen LogP contribution in [0.4, 0.5) is 0 Å². The van der Waals surface area contributed by atoms with Gasteiger partial charge in [-0.3, -0.25) is 9.59 Å². The molecule has 30 heavy (non-hydrogen) atoms. The minimum absolute atomic E-state index is 0.406. The first-order chi connectivity index (χ1) is 14.4. The number of carbonyl (C=O) groups is 2. The Labute approximate surface area is 173 Å². The van der Waals surface area contributed by atoms with Gasteiger partial charge in [-0.2, -0.15) is 0 Å². The molecule has 2 aromatic heterocycles. The molecule has 0 aliphatic heterocycles. The number of benzene rings is 2. The molecule has 10 N–H and O–H groups in total. The molecule has 0 aliphatic rings. The van der Waals surface area contributed by atoms with Crippen molar-refractivity contribution in [2.24, 2.45) is 22.9 Å². The van der Waals surface area contributed by atoms with E-state index < -0.39 is 11.8 Å². The van der Waals surface area contributed by atoms with Gasteiger partial charge in [0.2, 0.25) is 11.8 Å². The summed E-state index contributed by atoms with van der Waals surface area (Å²) in [7, 11) is 0. The van der Waals surface area contributed by atoms with Gasteiger partial charge in [-0.1, -0.05) is 0 Å². The fraction of sp³-hybridized carbons (Fsp3) is 0.182. The van der Waals surface area contributed by atoms with E-state index in [1.807, 2.05) is 24.5 Å². The van der Waals surface area contributed by atoms with E-state index in [4.69, 9.17) is 22.9 Å². The van der Waals surface area contributed by atoms with Gasteiger partial charge in [0, 0.05) is 45.3 Å². The zero-order valence-corrected chi connectivity index (χ0v) is 16.6. The Morgan fingerprint density at radius 1 is 0.700 bits per heavy atom. The SMILES string of the molecule is NCCc1c[nH]c2ccc(C(N)=O)cc12.NCCc1c[nH]c2ccc(C(N)=O)cc12. The number of nitrogens with one attached hydrogen (secondary N) is 2. The van der Waals surface area contributed by atoms with Crippen LogP contribution in [0.2, 0.25) is 0 Å². The van der Waals surface area contributed by atoms with Gasteiger partial charge in [0.1, 0.15) is 0 Å². The summed E-state index contributed by atoms with van der Waals surface area (Å²) in [6.45, 7) is 1.18. The van der Waals surface area contributed by atoms with E-state index in [-0.39, 0.29) is 0 Å². The Morgan fingerprint density at radius 3 is 1.43 bits per heavy atom. The molecule has 0 radical (unpaired) electrons. The molecule has 4 aromatic rings. The predicted octanol–water partition coefficient (Wildman–Crippen LogP) is 1.54. The number of aromatic nitrogens is 2. The number of amides is 2. The minimum Gasteiger partial charge on any atom is -0.366 e. The molecule has 0 saturated heterocycles. The number of H-pyrrole nitrogens is 2. The summed E-state index contributed by atoms with van der Waals surface area (Å²) in [6, 6.07) is 10.8. The maximum absolute atomic E-state index is 11.0. The third kappa shape index (κ3) is 4.51. The zero-order chi connectivity index (χ0) is 21.7. The molecule has 2 amide bonds. The van der Waals surface area contributed by atoms with Crippen molar-refractivity contribution in [3.63, 3.8) is 0 Å². The maximum atomic E-state index is 11.0. The fourth-order valence-electron chi connectivity index (χ4n) is 3.39. The Kier molecular flexibility index (Phi) is 6.51. The average molecular weight is 406 g/mol. The Balaban J connectivity index is 0.000000171. The van der Waals surface area contributed by atoms with E-state index in [1.165, 1.54) is 0 Å². The predicted molar refractivity (Wildman–Crippen MR) is 119 cm³/mol. The van der Waals surface area contributed by atoms with Gasteiger partial charge >= 0.3 is 0 Å². The second-order valence-electron chi connectivity index (χ2n) is 6.95. The first kappa shape index (κ1) is 21.1. The number of carbonyl (C=O) groups excluding carboxylic acids is 2. The largest absolute Gasteiger partial charge is 0.366 e. The van der Waals surface area contributed by atoms with Gasteiger partial charge < -0.3 is 32.9 Å². The summed E-state index contributed by atoms with van der Waals surface area (Å²) >= 11 is 0. The molecule has 0 aliphatic carbocycles. The second kappa shape index (κ2) is 9.25. The molecule has 0 spiro atoms. The number of rotatable bonds is 6. The third-order valence-electron chi connectivity index (χ3n) is 4.93. The number of fused-ring (bicyclic) bond motifs is 2.